The molecule has 0 unspecified atom stereocenters. The molecule has 0 bridgehead atoms. The van der Waals surface area contributed by atoms with Crippen molar-refractivity contribution < 1.29 is 9.60 Å². The third kappa shape index (κ3) is 2.60. The van der Waals surface area contributed by atoms with Gasteiger partial charge in [0.05, 0.1) is 6.21 Å². The van der Waals surface area contributed by atoms with Crippen LogP contribution < -0.4 is 0 Å². The summed E-state index contributed by atoms with van der Waals surface area (Å²) in [5.41, 5.74) is 6.34. The van der Waals surface area contributed by atoms with Gasteiger partial charge in [-0.1, -0.05) is 47.5 Å². The van der Waals surface area contributed by atoms with Crippen LogP contribution in [0, 0.1) is 17.7 Å². The fraction of sp³-hybridized carbons (Fsp3) is 0.0833. The highest BCUT2D eigenvalue weighted by atomic mass is 19.1. The average molecular weight is 366 g/mol. The van der Waals surface area contributed by atoms with E-state index in [4.69, 9.17) is 5.21 Å². The second kappa shape index (κ2) is 6.47. The predicted molar refractivity (Wildman–Crippen MR) is 109 cm³/mol. The first-order valence-electron chi connectivity index (χ1n) is 9.05. The fourth-order valence-corrected chi connectivity index (χ4v) is 3.96. The van der Waals surface area contributed by atoms with Crippen molar-refractivity contribution in [1.82, 2.24) is 4.98 Å². The number of hydrogen-bond acceptors (Lipinski definition) is 3. The third-order valence-electron chi connectivity index (χ3n) is 5.17. The molecule has 1 aromatic heterocycles. The van der Waals surface area contributed by atoms with Gasteiger partial charge in [0.15, 0.2) is 5.82 Å². The smallest absolute Gasteiger partial charge is 0.150 e. The topological polar surface area (TPSA) is 45.5 Å². The number of pyridine rings is 1. The molecular weight excluding hydrogens is 351 g/mol. The van der Waals surface area contributed by atoms with Gasteiger partial charge in [-0.2, -0.15) is 0 Å². The lowest BCUT2D eigenvalue weighted by Gasteiger charge is -2.21. The summed E-state index contributed by atoms with van der Waals surface area (Å²) in [6.07, 6.45) is 11.4. The largest absolute Gasteiger partial charge is 0.411 e. The molecule has 3 nitrogen and oxygen atoms in total. The van der Waals surface area contributed by atoms with Crippen molar-refractivity contribution in [2.24, 2.45) is 5.16 Å². The van der Waals surface area contributed by atoms with Crippen LogP contribution in [0.1, 0.15) is 39.2 Å². The molecule has 0 spiro atoms. The number of aromatic nitrogens is 1. The van der Waals surface area contributed by atoms with Crippen LogP contribution in [0.2, 0.25) is 0 Å². The fourth-order valence-electron chi connectivity index (χ4n) is 3.96. The number of oxime groups is 1. The Morgan fingerprint density at radius 1 is 1.00 bits per heavy atom. The molecule has 2 aliphatic carbocycles. The van der Waals surface area contributed by atoms with E-state index in [1.807, 2.05) is 0 Å². The highest BCUT2D eigenvalue weighted by molar-refractivity contribution is 6.03. The molecule has 2 aliphatic rings. The predicted octanol–water partition coefficient (Wildman–Crippen LogP) is 4.72. The first-order chi connectivity index (χ1) is 13.7. The van der Waals surface area contributed by atoms with E-state index in [2.05, 4.69) is 64.5 Å². The van der Waals surface area contributed by atoms with Crippen molar-refractivity contribution in [3.05, 3.63) is 87.5 Å². The van der Waals surface area contributed by atoms with E-state index >= 15 is 0 Å². The minimum Gasteiger partial charge on any atom is -0.411 e. The maximum atomic E-state index is 13.7. The van der Waals surface area contributed by atoms with Gasteiger partial charge in [-0.05, 0) is 70.0 Å². The van der Waals surface area contributed by atoms with Crippen molar-refractivity contribution >= 4 is 29.1 Å². The Labute approximate surface area is 161 Å². The number of allylic oxidation sites excluding steroid dienone is 2. The van der Waals surface area contributed by atoms with Crippen molar-refractivity contribution in [2.45, 2.75) is 12.8 Å². The van der Waals surface area contributed by atoms with E-state index in [1.165, 1.54) is 45.2 Å². The van der Waals surface area contributed by atoms with Gasteiger partial charge < -0.3 is 5.21 Å². The summed E-state index contributed by atoms with van der Waals surface area (Å²) in [6.45, 7) is 0. The molecule has 4 heteroatoms. The van der Waals surface area contributed by atoms with Crippen molar-refractivity contribution in [3.63, 3.8) is 0 Å². The Hall–Kier alpha value is -3.71. The first-order valence-corrected chi connectivity index (χ1v) is 9.05. The Morgan fingerprint density at radius 3 is 2.61 bits per heavy atom. The van der Waals surface area contributed by atoms with Gasteiger partial charge in [0.2, 0.25) is 0 Å². The lowest BCUT2D eigenvalue weighted by molar-refractivity contribution is 0.321. The molecule has 134 valence electrons. The zero-order valence-corrected chi connectivity index (χ0v) is 14.9. The molecule has 0 aliphatic heterocycles. The van der Waals surface area contributed by atoms with Gasteiger partial charge in [0.1, 0.15) is 11.4 Å². The molecule has 0 fully saturated rings. The zero-order valence-electron chi connectivity index (χ0n) is 14.9. The van der Waals surface area contributed by atoms with Crippen LogP contribution in [0.25, 0.3) is 22.9 Å². The number of nitrogens with zero attached hydrogens (tertiary/aromatic N) is 2. The maximum absolute atomic E-state index is 13.7. The highest BCUT2D eigenvalue weighted by Crippen LogP contribution is 2.37. The van der Waals surface area contributed by atoms with Gasteiger partial charge in [0, 0.05) is 5.56 Å². The number of benzene rings is 2. The van der Waals surface area contributed by atoms with Gasteiger partial charge in [-0.3, -0.25) is 0 Å². The molecule has 5 rings (SSSR count). The van der Waals surface area contributed by atoms with E-state index < -0.39 is 5.82 Å². The van der Waals surface area contributed by atoms with Gasteiger partial charge >= 0.3 is 0 Å². The molecule has 3 aromatic rings. The number of halogens is 1. The minimum absolute atomic E-state index is 0.0377. The van der Waals surface area contributed by atoms with Crippen molar-refractivity contribution in [3.8, 4) is 11.8 Å². The second-order valence-corrected chi connectivity index (χ2v) is 6.83. The number of hydrogen-bond donors (Lipinski definition) is 1. The van der Waals surface area contributed by atoms with Crippen LogP contribution in [0.4, 0.5) is 4.39 Å². The average Bonchev–Trinajstić information content (AvgIpc) is 2.73. The van der Waals surface area contributed by atoms with E-state index in [-0.39, 0.29) is 5.69 Å². The monoisotopic (exact) mass is 366 g/mol. The van der Waals surface area contributed by atoms with Gasteiger partial charge in [-0.15, -0.1) is 0 Å². The van der Waals surface area contributed by atoms with Crippen LogP contribution in [0.3, 0.4) is 0 Å². The van der Waals surface area contributed by atoms with Crippen LogP contribution >= 0.6 is 0 Å². The molecular formula is C24H15FN2O. The van der Waals surface area contributed by atoms with E-state index in [0.717, 1.165) is 24.6 Å². The van der Waals surface area contributed by atoms with Crippen LogP contribution in [0.5, 0.6) is 0 Å². The molecule has 0 radical (unpaired) electrons. The normalized spacial score (nSPS) is 13.8. The van der Waals surface area contributed by atoms with Crippen LogP contribution in [-0.4, -0.2) is 16.4 Å². The molecule has 2 aromatic carbocycles. The Morgan fingerprint density at radius 2 is 1.79 bits per heavy atom. The van der Waals surface area contributed by atoms with Gasteiger partial charge in [0.25, 0.3) is 0 Å². The first kappa shape index (κ1) is 16.5. The minimum atomic E-state index is -0.553. The Bertz CT molecular complexity index is 1290. The summed E-state index contributed by atoms with van der Waals surface area (Å²) in [5, 5.41) is 14.1. The van der Waals surface area contributed by atoms with E-state index in [9.17, 15) is 4.39 Å². The highest BCUT2D eigenvalue weighted by Gasteiger charge is 2.18. The SMILES string of the molecule is O/N=C/c1nc(C#Cc2cc3c4c(ccc5c4c2CC=C5)C=CC3)ccc1F. The molecule has 1 heterocycles. The van der Waals surface area contributed by atoms with E-state index in [0.29, 0.717) is 5.69 Å². The van der Waals surface area contributed by atoms with Crippen LogP contribution in [-0.2, 0) is 12.8 Å². The Kier molecular flexibility index (Phi) is 3.80. The molecule has 0 atom stereocenters. The lowest BCUT2D eigenvalue weighted by Crippen LogP contribution is -2.03. The Balaban J connectivity index is 1.68. The second-order valence-electron chi connectivity index (χ2n) is 6.83. The van der Waals surface area contributed by atoms with Gasteiger partial charge in [-0.25, -0.2) is 9.37 Å². The number of rotatable bonds is 1. The molecule has 28 heavy (non-hydrogen) atoms. The summed E-state index contributed by atoms with van der Waals surface area (Å²) in [5.74, 6) is 5.73. The summed E-state index contributed by atoms with van der Waals surface area (Å²) >= 11 is 0. The van der Waals surface area contributed by atoms with Crippen LogP contribution in [0.15, 0.2) is 47.6 Å². The summed E-state index contributed by atoms with van der Waals surface area (Å²) in [7, 11) is 0. The van der Waals surface area contributed by atoms with Crippen molar-refractivity contribution in [1.29, 1.82) is 0 Å². The van der Waals surface area contributed by atoms with E-state index in [1.54, 1.807) is 0 Å². The quantitative estimate of drug-likeness (QED) is 0.293. The molecule has 0 saturated carbocycles. The third-order valence-corrected chi connectivity index (χ3v) is 5.17. The van der Waals surface area contributed by atoms with Crippen molar-refractivity contribution in [2.75, 3.05) is 0 Å². The summed E-state index contributed by atoms with van der Waals surface area (Å²) in [6, 6.07) is 9.31. The summed E-state index contributed by atoms with van der Waals surface area (Å²) in [4.78, 5) is 4.11. The lowest BCUT2D eigenvalue weighted by atomic mass is 9.82. The maximum Gasteiger partial charge on any atom is 0.150 e. The molecule has 1 N–H and O–H groups in total. The molecule has 0 amide bonds. The molecule has 0 saturated heterocycles. The zero-order chi connectivity index (χ0) is 19.1. The summed E-state index contributed by atoms with van der Waals surface area (Å²) < 4.78 is 13.7. The standard InChI is InChI=1S/C24H15FN2O/c25-21-12-11-19(27-22(21)14-26-28)10-9-17-13-18-5-1-3-15-7-8-16-4-2-6-20(17)24(16)23(15)18/h1-4,7-8,11-14,28H,5-6H2/b26-14+.